The molecule has 0 bridgehead atoms. The molecule has 2 aromatic rings. The fraction of sp³-hybridized carbons (Fsp3) is 0.429. The second-order valence-electron chi connectivity index (χ2n) is 5.04. The highest BCUT2D eigenvalue weighted by atomic mass is 32.1. The van der Waals surface area contributed by atoms with Crippen molar-refractivity contribution in [1.29, 1.82) is 0 Å². The van der Waals surface area contributed by atoms with Gasteiger partial charge in [-0.1, -0.05) is 20.8 Å². The van der Waals surface area contributed by atoms with E-state index in [9.17, 15) is 22.0 Å². The summed E-state index contributed by atoms with van der Waals surface area (Å²) in [5, 5.41) is -1.49. The van der Waals surface area contributed by atoms with Gasteiger partial charge in [0.05, 0.1) is 5.56 Å². The Kier molecular flexibility index (Phi) is 5.13. The summed E-state index contributed by atoms with van der Waals surface area (Å²) in [4.78, 5) is 0.331. The van der Waals surface area contributed by atoms with E-state index in [1.165, 1.54) is 6.92 Å². The maximum Gasteiger partial charge on any atom is 0.417 e. The highest BCUT2D eigenvalue weighted by Gasteiger charge is 2.35. The predicted molar refractivity (Wildman–Crippen MR) is 72.0 cm³/mol. The van der Waals surface area contributed by atoms with E-state index in [2.05, 4.69) is 20.8 Å². The van der Waals surface area contributed by atoms with Crippen molar-refractivity contribution < 1.29 is 22.0 Å². The van der Waals surface area contributed by atoms with E-state index in [0.717, 1.165) is 12.0 Å². The van der Waals surface area contributed by atoms with Crippen LogP contribution in [-0.4, -0.2) is 0 Å². The quantitative estimate of drug-likeness (QED) is 0.510. The molecule has 1 heterocycles. The smallest absolute Gasteiger partial charge is 0.207 e. The lowest BCUT2D eigenvalue weighted by atomic mass is 10.1. The third-order valence-corrected chi connectivity index (χ3v) is 3.14. The summed E-state index contributed by atoms with van der Waals surface area (Å²) in [6.07, 6.45) is -4.76. The summed E-state index contributed by atoms with van der Waals surface area (Å²) in [6.45, 7) is 7.95. The molecule has 0 amide bonds. The van der Waals surface area contributed by atoms with Gasteiger partial charge in [-0.05, 0) is 25.0 Å². The Labute approximate surface area is 118 Å². The van der Waals surface area contributed by atoms with E-state index >= 15 is 0 Å². The van der Waals surface area contributed by atoms with E-state index in [-0.39, 0.29) is 5.39 Å². The molecule has 2 rings (SSSR count). The first-order valence-electron chi connectivity index (χ1n) is 5.99. The molecule has 0 saturated heterocycles. The molecule has 0 aliphatic carbocycles. The summed E-state index contributed by atoms with van der Waals surface area (Å²) >= 11 is 0.588. The van der Waals surface area contributed by atoms with Gasteiger partial charge >= 0.3 is 6.18 Å². The van der Waals surface area contributed by atoms with E-state index in [4.69, 9.17) is 0 Å². The van der Waals surface area contributed by atoms with Crippen molar-refractivity contribution in [2.45, 2.75) is 33.9 Å². The second kappa shape index (κ2) is 6.08. The first kappa shape index (κ1) is 16.9. The lowest BCUT2D eigenvalue weighted by Gasteiger charge is -2.08. The van der Waals surface area contributed by atoms with Crippen molar-refractivity contribution in [3.8, 4) is 0 Å². The number of halogens is 5. The molecule has 20 heavy (non-hydrogen) atoms. The number of thiophene rings is 1. The molecule has 0 aliphatic rings. The maximum atomic E-state index is 13.3. The van der Waals surface area contributed by atoms with E-state index in [1.54, 1.807) is 0 Å². The fourth-order valence-electron chi connectivity index (χ4n) is 1.56. The predicted octanol–water partition coefficient (Wildman–Crippen LogP) is 6.17. The number of benzene rings is 1. The Morgan fingerprint density at radius 3 is 2.00 bits per heavy atom. The van der Waals surface area contributed by atoms with Gasteiger partial charge in [0.15, 0.2) is 5.13 Å². The molecule has 0 saturated carbocycles. The first-order chi connectivity index (χ1) is 9.04. The summed E-state index contributed by atoms with van der Waals surface area (Å²) in [6, 6.07) is 1.23. The minimum absolute atomic E-state index is 0.0187. The molecule has 112 valence electrons. The molecule has 0 nitrogen and oxygen atoms in total. The highest BCUT2D eigenvalue weighted by Crippen LogP contribution is 2.40. The van der Waals surface area contributed by atoms with Crippen LogP contribution < -0.4 is 0 Å². The summed E-state index contributed by atoms with van der Waals surface area (Å²) in [5.41, 5.74) is -1.26. The van der Waals surface area contributed by atoms with Crippen molar-refractivity contribution in [1.82, 2.24) is 0 Å². The summed E-state index contributed by atoms with van der Waals surface area (Å²) in [7, 11) is 0. The third kappa shape index (κ3) is 3.91. The minimum atomic E-state index is -4.76. The van der Waals surface area contributed by atoms with Crippen molar-refractivity contribution in [2.75, 3.05) is 0 Å². The van der Waals surface area contributed by atoms with Crippen molar-refractivity contribution in [3.05, 3.63) is 33.5 Å². The molecule has 1 aromatic carbocycles. The van der Waals surface area contributed by atoms with Crippen LogP contribution in [0.2, 0.25) is 0 Å². The van der Waals surface area contributed by atoms with Gasteiger partial charge in [-0.15, -0.1) is 11.3 Å². The molecular weight excluding hydrogens is 295 g/mol. The SMILES string of the molecule is CC(C)C.Cc1sc(F)c2c(C(F)(F)F)cc(F)cc12. The van der Waals surface area contributed by atoms with Crippen molar-refractivity contribution in [3.63, 3.8) is 0 Å². The molecule has 0 unspecified atom stereocenters. The molecule has 0 fully saturated rings. The van der Waals surface area contributed by atoms with Gasteiger partial charge < -0.3 is 0 Å². The zero-order chi connectivity index (χ0) is 15.7. The van der Waals surface area contributed by atoms with Crippen LogP contribution in [0.25, 0.3) is 10.8 Å². The Hall–Kier alpha value is -1.17. The zero-order valence-corrected chi connectivity index (χ0v) is 12.3. The van der Waals surface area contributed by atoms with Crippen molar-refractivity contribution in [2.24, 2.45) is 5.92 Å². The van der Waals surface area contributed by atoms with E-state index in [1.807, 2.05) is 0 Å². The molecular formula is C14H15F5S. The molecule has 0 radical (unpaired) electrons. The number of alkyl halides is 3. The van der Waals surface area contributed by atoms with Crippen LogP contribution >= 0.6 is 11.3 Å². The maximum absolute atomic E-state index is 13.3. The zero-order valence-electron chi connectivity index (χ0n) is 11.5. The molecule has 0 aliphatic heterocycles. The number of hydrogen-bond acceptors (Lipinski definition) is 1. The van der Waals surface area contributed by atoms with Gasteiger partial charge in [0.2, 0.25) is 0 Å². The highest BCUT2D eigenvalue weighted by molar-refractivity contribution is 7.12. The molecule has 1 aromatic heterocycles. The summed E-state index contributed by atoms with van der Waals surface area (Å²) < 4.78 is 64.0. The van der Waals surface area contributed by atoms with Gasteiger partial charge in [0.25, 0.3) is 0 Å². The van der Waals surface area contributed by atoms with Crippen LogP contribution in [0.15, 0.2) is 12.1 Å². The van der Waals surface area contributed by atoms with E-state index < -0.39 is 28.1 Å². The summed E-state index contributed by atoms with van der Waals surface area (Å²) in [5.74, 6) is -0.180. The Morgan fingerprint density at radius 1 is 1.05 bits per heavy atom. The van der Waals surface area contributed by atoms with Gasteiger partial charge in [0.1, 0.15) is 5.82 Å². The average molecular weight is 310 g/mol. The Morgan fingerprint density at radius 2 is 1.55 bits per heavy atom. The largest absolute Gasteiger partial charge is 0.417 e. The van der Waals surface area contributed by atoms with Crippen LogP contribution in [0.4, 0.5) is 22.0 Å². The lowest BCUT2D eigenvalue weighted by molar-refractivity contribution is -0.136. The lowest BCUT2D eigenvalue weighted by Crippen LogP contribution is -2.06. The number of hydrogen-bond donors (Lipinski definition) is 0. The number of fused-ring (bicyclic) bond motifs is 1. The molecule has 0 spiro atoms. The Balaban J connectivity index is 0.000000444. The number of rotatable bonds is 0. The molecule has 6 heteroatoms. The van der Waals surface area contributed by atoms with E-state index in [0.29, 0.717) is 22.3 Å². The average Bonchev–Trinajstić information content (AvgIpc) is 2.51. The number of aryl methyl sites for hydroxylation is 1. The molecule has 0 N–H and O–H groups in total. The van der Waals surface area contributed by atoms with Crippen LogP contribution in [0.5, 0.6) is 0 Å². The van der Waals surface area contributed by atoms with Gasteiger partial charge in [-0.3, -0.25) is 0 Å². The minimum Gasteiger partial charge on any atom is -0.207 e. The Bertz CT molecular complexity index is 593. The van der Waals surface area contributed by atoms with Gasteiger partial charge in [0, 0.05) is 15.6 Å². The van der Waals surface area contributed by atoms with Gasteiger partial charge in [-0.25, -0.2) is 4.39 Å². The topological polar surface area (TPSA) is 0 Å². The van der Waals surface area contributed by atoms with Gasteiger partial charge in [-0.2, -0.15) is 17.6 Å². The van der Waals surface area contributed by atoms with Crippen LogP contribution in [0.1, 0.15) is 31.2 Å². The third-order valence-electron chi connectivity index (χ3n) is 2.23. The fourth-order valence-corrected chi connectivity index (χ4v) is 2.42. The van der Waals surface area contributed by atoms with Crippen LogP contribution in [0.3, 0.4) is 0 Å². The molecule has 0 atom stereocenters. The first-order valence-corrected chi connectivity index (χ1v) is 6.81. The normalized spacial score (nSPS) is 11.7. The van der Waals surface area contributed by atoms with Crippen molar-refractivity contribution >= 4 is 22.1 Å². The van der Waals surface area contributed by atoms with Crippen LogP contribution in [-0.2, 0) is 6.18 Å². The standard InChI is InChI=1S/C10H5F5S.C4H10/c1-4-6-2-5(11)3-7(10(13,14)15)8(6)9(12)16-4;1-4(2)3/h2-3H,1H3;4H,1-3H3. The monoisotopic (exact) mass is 310 g/mol. The second-order valence-corrected chi connectivity index (χ2v) is 6.21. The van der Waals surface area contributed by atoms with Crippen LogP contribution in [0, 0.1) is 23.8 Å².